The van der Waals surface area contributed by atoms with E-state index in [0.717, 1.165) is 16.7 Å². The molecule has 2 aromatic heterocycles. The number of hydrogen-bond donors (Lipinski definition) is 1. The molecular weight excluding hydrogens is 323 g/mol. The number of H-pyrrole nitrogens is 1. The Bertz CT molecular complexity index is 1120. The smallest absolute Gasteiger partial charge is 0.271 e. The second-order valence-corrected chi connectivity index (χ2v) is 5.79. The second-order valence-electron chi connectivity index (χ2n) is 5.79. The third-order valence-corrected chi connectivity index (χ3v) is 4.02. The molecule has 0 fully saturated rings. The zero-order valence-electron chi connectivity index (χ0n) is 13.3. The van der Waals surface area contributed by atoms with Crippen LogP contribution in [-0.2, 0) is 6.42 Å². The molecule has 0 atom stereocenters. The molecule has 0 aliphatic rings. The first-order chi connectivity index (χ1) is 12.1. The van der Waals surface area contributed by atoms with E-state index in [1.807, 2.05) is 30.3 Å². The maximum atomic E-state index is 13.4. The number of benzene rings is 2. The normalized spacial score (nSPS) is 11.1. The van der Waals surface area contributed by atoms with E-state index in [1.54, 1.807) is 13.0 Å². The lowest BCUT2D eigenvalue weighted by Gasteiger charge is -2.06. The Morgan fingerprint density at radius 3 is 2.60 bits per heavy atom. The van der Waals surface area contributed by atoms with Crippen molar-refractivity contribution >= 4 is 11.3 Å². The molecule has 1 N–H and O–H groups in total. The van der Waals surface area contributed by atoms with E-state index >= 15 is 0 Å². The lowest BCUT2D eigenvalue weighted by molar-refractivity contribution is 0.314. The maximum absolute atomic E-state index is 13.4. The van der Waals surface area contributed by atoms with Gasteiger partial charge in [-0.2, -0.15) is 0 Å². The molecular formula is C18H13FN4O2. The summed E-state index contributed by atoms with van der Waals surface area (Å²) in [4.78, 5) is 18.8. The highest BCUT2D eigenvalue weighted by molar-refractivity contribution is 5.65. The molecule has 4 rings (SSSR count). The van der Waals surface area contributed by atoms with E-state index in [9.17, 15) is 9.18 Å². The van der Waals surface area contributed by atoms with Crippen molar-refractivity contribution in [2.45, 2.75) is 13.3 Å². The van der Waals surface area contributed by atoms with Crippen molar-refractivity contribution in [3.63, 3.8) is 0 Å². The fourth-order valence-electron chi connectivity index (χ4n) is 2.65. The number of nitrogens with one attached hydrogen (secondary N) is 1. The molecule has 4 aromatic rings. The molecule has 0 radical (unpaired) electrons. The largest absolute Gasteiger partial charge is 0.299 e. The predicted octanol–water partition coefficient (Wildman–Crippen LogP) is 3.01. The van der Waals surface area contributed by atoms with E-state index in [-0.39, 0.29) is 22.7 Å². The number of hydrogen-bond acceptors (Lipinski definition) is 5. The Balaban J connectivity index is 1.62. The quantitative estimate of drug-likeness (QED) is 0.622. The first-order valence-corrected chi connectivity index (χ1v) is 7.67. The summed E-state index contributed by atoms with van der Waals surface area (Å²) in [5.41, 5.74) is 3.98. The van der Waals surface area contributed by atoms with Crippen molar-refractivity contribution in [3.8, 4) is 11.1 Å². The maximum Gasteiger partial charge on any atom is 0.271 e. The van der Waals surface area contributed by atoms with Crippen LogP contribution in [0.2, 0.25) is 0 Å². The standard InChI is InChI=1S/C18H13FN4O2/c1-10-8-13(6-7-14(10)19)12-4-2-11(3-5-12)9-15-18(24)21-17-16(20-15)22-25-23-17/h2-8H,9H2,1H3,(H,21,23,24). The van der Waals surface area contributed by atoms with Crippen LogP contribution >= 0.6 is 0 Å². The second kappa shape index (κ2) is 5.94. The third kappa shape index (κ3) is 2.91. The van der Waals surface area contributed by atoms with Gasteiger partial charge in [0.05, 0.1) is 0 Å². The van der Waals surface area contributed by atoms with Crippen molar-refractivity contribution in [1.82, 2.24) is 20.3 Å². The summed E-state index contributed by atoms with van der Waals surface area (Å²) in [5, 5.41) is 7.19. The van der Waals surface area contributed by atoms with Gasteiger partial charge in [-0.25, -0.2) is 14.0 Å². The molecule has 2 aromatic carbocycles. The topological polar surface area (TPSA) is 84.7 Å². The van der Waals surface area contributed by atoms with Gasteiger partial charge in [0.1, 0.15) is 11.5 Å². The van der Waals surface area contributed by atoms with Gasteiger partial charge in [0.15, 0.2) is 0 Å². The number of aromatic amines is 1. The van der Waals surface area contributed by atoms with E-state index in [0.29, 0.717) is 17.7 Å². The number of fused-ring (bicyclic) bond motifs is 1. The molecule has 0 saturated carbocycles. The molecule has 0 amide bonds. The van der Waals surface area contributed by atoms with Crippen molar-refractivity contribution in [2.24, 2.45) is 0 Å². The first-order valence-electron chi connectivity index (χ1n) is 7.67. The highest BCUT2D eigenvalue weighted by Crippen LogP contribution is 2.22. The van der Waals surface area contributed by atoms with Crippen LogP contribution in [0, 0.1) is 12.7 Å². The van der Waals surface area contributed by atoms with Gasteiger partial charge in [-0.3, -0.25) is 9.78 Å². The molecule has 0 bridgehead atoms. The number of rotatable bonds is 3. The van der Waals surface area contributed by atoms with Crippen LogP contribution in [0.1, 0.15) is 16.8 Å². The van der Waals surface area contributed by atoms with Gasteiger partial charge in [-0.1, -0.05) is 30.3 Å². The molecule has 25 heavy (non-hydrogen) atoms. The highest BCUT2D eigenvalue weighted by Gasteiger charge is 2.10. The summed E-state index contributed by atoms with van der Waals surface area (Å²) in [6.07, 6.45) is 0.362. The molecule has 6 nitrogen and oxygen atoms in total. The Morgan fingerprint density at radius 2 is 1.84 bits per heavy atom. The third-order valence-electron chi connectivity index (χ3n) is 4.02. The average Bonchev–Trinajstić information content (AvgIpc) is 3.05. The Kier molecular flexibility index (Phi) is 3.61. The van der Waals surface area contributed by atoms with Gasteiger partial charge >= 0.3 is 0 Å². The highest BCUT2D eigenvalue weighted by atomic mass is 19.1. The molecule has 0 unspecified atom stereocenters. The fraction of sp³-hybridized carbons (Fsp3) is 0.111. The summed E-state index contributed by atoms with van der Waals surface area (Å²) >= 11 is 0. The van der Waals surface area contributed by atoms with Gasteiger partial charge in [0, 0.05) is 6.42 Å². The number of aromatic nitrogens is 4. The average molecular weight is 336 g/mol. The monoisotopic (exact) mass is 336 g/mol. The van der Waals surface area contributed by atoms with Gasteiger partial charge in [0.25, 0.3) is 5.56 Å². The lowest BCUT2D eigenvalue weighted by atomic mass is 10.0. The van der Waals surface area contributed by atoms with E-state index in [2.05, 4.69) is 24.9 Å². The zero-order chi connectivity index (χ0) is 17.4. The molecule has 0 saturated heterocycles. The van der Waals surface area contributed by atoms with Crippen molar-refractivity contribution in [2.75, 3.05) is 0 Å². The Morgan fingerprint density at radius 1 is 1.08 bits per heavy atom. The molecule has 7 heteroatoms. The summed E-state index contributed by atoms with van der Waals surface area (Å²) in [7, 11) is 0. The predicted molar refractivity (Wildman–Crippen MR) is 89.6 cm³/mol. The molecule has 0 aliphatic carbocycles. The van der Waals surface area contributed by atoms with E-state index in [4.69, 9.17) is 0 Å². The van der Waals surface area contributed by atoms with Crippen molar-refractivity contribution < 1.29 is 9.02 Å². The number of halogens is 1. The zero-order valence-corrected chi connectivity index (χ0v) is 13.3. The van der Waals surface area contributed by atoms with Crippen LogP contribution in [0.4, 0.5) is 4.39 Å². The molecule has 0 aliphatic heterocycles. The van der Waals surface area contributed by atoms with Crippen molar-refractivity contribution in [1.29, 1.82) is 0 Å². The summed E-state index contributed by atoms with van der Waals surface area (Å²) in [5.74, 6) is -0.219. The van der Waals surface area contributed by atoms with Gasteiger partial charge in [-0.05, 0) is 51.6 Å². The van der Waals surface area contributed by atoms with Crippen LogP contribution in [-0.4, -0.2) is 20.3 Å². The lowest BCUT2D eigenvalue weighted by Crippen LogP contribution is -2.15. The van der Waals surface area contributed by atoms with Crippen LogP contribution in [0.5, 0.6) is 0 Å². The summed E-state index contributed by atoms with van der Waals surface area (Å²) < 4.78 is 17.9. The SMILES string of the molecule is Cc1cc(-c2ccc(Cc3nc4nonc4[nH]c3=O)cc2)ccc1F. The minimum absolute atomic E-state index is 0.219. The molecule has 124 valence electrons. The van der Waals surface area contributed by atoms with Crippen LogP contribution in [0.15, 0.2) is 51.9 Å². The van der Waals surface area contributed by atoms with Gasteiger partial charge < -0.3 is 0 Å². The number of nitrogens with zero attached hydrogens (tertiary/aromatic N) is 3. The Hall–Kier alpha value is -3.35. The van der Waals surface area contributed by atoms with Crippen LogP contribution in [0.3, 0.4) is 0 Å². The van der Waals surface area contributed by atoms with E-state index < -0.39 is 0 Å². The minimum Gasteiger partial charge on any atom is -0.299 e. The van der Waals surface area contributed by atoms with E-state index in [1.165, 1.54) is 6.07 Å². The summed E-state index contributed by atoms with van der Waals surface area (Å²) in [6, 6.07) is 12.7. The van der Waals surface area contributed by atoms with Crippen molar-refractivity contribution in [3.05, 3.63) is 75.5 Å². The molecule has 0 spiro atoms. The van der Waals surface area contributed by atoms with Gasteiger partial charge in [-0.15, -0.1) is 0 Å². The first kappa shape index (κ1) is 15.2. The van der Waals surface area contributed by atoms with Crippen LogP contribution in [0.25, 0.3) is 22.4 Å². The van der Waals surface area contributed by atoms with Crippen LogP contribution < -0.4 is 5.56 Å². The number of aryl methyl sites for hydroxylation is 1. The fourth-order valence-corrected chi connectivity index (χ4v) is 2.65. The van der Waals surface area contributed by atoms with Gasteiger partial charge in [0.2, 0.25) is 11.3 Å². The minimum atomic E-state index is -0.318. The Labute approximate surface area is 141 Å². The molecule has 2 heterocycles. The summed E-state index contributed by atoms with van der Waals surface area (Å²) in [6.45, 7) is 1.74.